The molecular weight excluding hydrogens is 328 g/mol. The molecule has 0 aliphatic carbocycles. The number of aromatic amines is 1. The second-order valence-corrected chi connectivity index (χ2v) is 7.83. The van der Waals surface area contributed by atoms with Crippen molar-refractivity contribution in [1.29, 1.82) is 0 Å². The van der Waals surface area contributed by atoms with Gasteiger partial charge in [0.05, 0.1) is 11.1 Å². The molecule has 3 heterocycles. The van der Waals surface area contributed by atoms with Crippen LogP contribution in [0.3, 0.4) is 0 Å². The van der Waals surface area contributed by atoms with Crippen LogP contribution in [0.2, 0.25) is 0 Å². The van der Waals surface area contributed by atoms with Crippen molar-refractivity contribution in [2.75, 3.05) is 25.0 Å². The van der Waals surface area contributed by atoms with Gasteiger partial charge in [-0.2, -0.15) is 0 Å². The third kappa shape index (κ3) is 2.73. The fourth-order valence-corrected chi connectivity index (χ4v) is 4.39. The van der Waals surface area contributed by atoms with E-state index in [-0.39, 0.29) is 23.4 Å². The summed E-state index contributed by atoms with van der Waals surface area (Å²) < 4.78 is 0. The lowest BCUT2D eigenvalue weighted by atomic mass is 9.78. The van der Waals surface area contributed by atoms with Crippen molar-refractivity contribution < 1.29 is 9.59 Å². The number of H-pyrrole nitrogens is 1. The number of amides is 3. The van der Waals surface area contributed by atoms with Gasteiger partial charge in [0.1, 0.15) is 0 Å². The van der Waals surface area contributed by atoms with Crippen molar-refractivity contribution in [3.8, 4) is 0 Å². The van der Waals surface area contributed by atoms with Gasteiger partial charge in [-0.3, -0.25) is 4.79 Å². The Balaban J connectivity index is 1.48. The number of benzene rings is 1. The van der Waals surface area contributed by atoms with E-state index in [4.69, 9.17) is 0 Å². The molecule has 6 nitrogen and oxygen atoms in total. The molecule has 0 unspecified atom stereocenters. The Kier molecular flexibility index (Phi) is 4.13. The lowest BCUT2D eigenvalue weighted by molar-refractivity contribution is -0.147. The minimum atomic E-state index is -0.389. The second kappa shape index (κ2) is 6.34. The molecule has 3 amide bonds. The minimum Gasteiger partial charge on any atom is -0.359 e. The van der Waals surface area contributed by atoms with Gasteiger partial charge in [-0.05, 0) is 39.2 Å². The summed E-state index contributed by atoms with van der Waals surface area (Å²) in [6.45, 7) is 6.11. The van der Waals surface area contributed by atoms with Crippen LogP contribution < -0.4 is 5.32 Å². The standard InChI is InChI=1S/C20H26N4O2/c1-14(2)24-10-5-8-20(18(24)25)9-11-23(13-20)19(26)22-17-12-21-16-7-4-3-6-15(16)17/h3-4,6-7,12,14,21H,5,8-11,13H2,1-2H3,(H,22,26)/t20-/m1/s1. The number of nitrogens with zero attached hydrogens (tertiary/aromatic N) is 2. The largest absolute Gasteiger partial charge is 0.359 e. The Labute approximate surface area is 153 Å². The molecule has 1 aromatic carbocycles. The van der Waals surface area contributed by atoms with Crippen molar-refractivity contribution in [2.24, 2.45) is 5.41 Å². The van der Waals surface area contributed by atoms with E-state index in [0.29, 0.717) is 13.1 Å². The molecule has 6 heteroatoms. The van der Waals surface area contributed by atoms with Crippen LogP contribution in [0.1, 0.15) is 33.1 Å². The third-order valence-corrected chi connectivity index (χ3v) is 5.86. The first-order chi connectivity index (χ1) is 12.5. The number of urea groups is 1. The Morgan fingerprint density at radius 3 is 2.85 bits per heavy atom. The highest BCUT2D eigenvalue weighted by atomic mass is 16.2. The number of piperidine rings is 1. The van der Waals surface area contributed by atoms with Crippen LogP contribution in [0.25, 0.3) is 10.9 Å². The van der Waals surface area contributed by atoms with Crippen molar-refractivity contribution in [3.63, 3.8) is 0 Å². The van der Waals surface area contributed by atoms with E-state index in [1.165, 1.54) is 0 Å². The van der Waals surface area contributed by atoms with Crippen LogP contribution >= 0.6 is 0 Å². The fourth-order valence-electron chi connectivity index (χ4n) is 4.39. The van der Waals surface area contributed by atoms with Crippen LogP contribution in [0.4, 0.5) is 10.5 Å². The molecule has 2 fully saturated rings. The van der Waals surface area contributed by atoms with Gasteiger partial charge in [0.15, 0.2) is 0 Å². The smallest absolute Gasteiger partial charge is 0.321 e. The van der Waals surface area contributed by atoms with Gasteiger partial charge in [-0.1, -0.05) is 18.2 Å². The maximum atomic E-state index is 13.0. The van der Waals surface area contributed by atoms with Crippen molar-refractivity contribution >= 4 is 28.5 Å². The van der Waals surface area contributed by atoms with Crippen molar-refractivity contribution in [3.05, 3.63) is 30.5 Å². The second-order valence-electron chi connectivity index (χ2n) is 7.83. The van der Waals surface area contributed by atoms with E-state index >= 15 is 0 Å². The number of anilines is 1. The number of hydrogen-bond donors (Lipinski definition) is 2. The Bertz CT molecular complexity index is 843. The van der Waals surface area contributed by atoms with Gasteiger partial charge in [0.25, 0.3) is 0 Å². The SMILES string of the molecule is CC(C)N1CCC[C@]2(CCN(C(=O)Nc3c[nH]c4ccccc34)C2)C1=O. The highest BCUT2D eigenvalue weighted by molar-refractivity contribution is 6.01. The summed E-state index contributed by atoms with van der Waals surface area (Å²) in [5, 5.41) is 4.00. The molecule has 26 heavy (non-hydrogen) atoms. The summed E-state index contributed by atoms with van der Waals surface area (Å²) in [7, 11) is 0. The van der Waals surface area contributed by atoms with E-state index in [1.54, 1.807) is 4.90 Å². The molecule has 138 valence electrons. The van der Waals surface area contributed by atoms with E-state index in [2.05, 4.69) is 24.1 Å². The normalized spacial score (nSPS) is 23.4. The van der Waals surface area contributed by atoms with Gasteiger partial charge >= 0.3 is 6.03 Å². The van der Waals surface area contributed by atoms with Crippen LogP contribution in [0.15, 0.2) is 30.5 Å². The van der Waals surface area contributed by atoms with Crippen molar-refractivity contribution in [2.45, 2.75) is 39.2 Å². The van der Waals surface area contributed by atoms with E-state index in [0.717, 1.165) is 42.4 Å². The number of fused-ring (bicyclic) bond motifs is 1. The van der Waals surface area contributed by atoms with Crippen LogP contribution in [0.5, 0.6) is 0 Å². The van der Waals surface area contributed by atoms with Crippen LogP contribution in [0, 0.1) is 5.41 Å². The molecule has 0 saturated carbocycles. The molecule has 1 spiro atoms. The first-order valence-corrected chi connectivity index (χ1v) is 9.43. The average molecular weight is 354 g/mol. The highest BCUT2D eigenvalue weighted by Gasteiger charge is 2.49. The predicted octanol–water partition coefficient (Wildman–Crippen LogP) is 3.42. The molecule has 2 saturated heterocycles. The first kappa shape index (κ1) is 16.9. The minimum absolute atomic E-state index is 0.124. The molecule has 0 radical (unpaired) electrons. The molecular formula is C20H26N4O2. The first-order valence-electron chi connectivity index (χ1n) is 9.43. The number of aromatic nitrogens is 1. The quantitative estimate of drug-likeness (QED) is 0.868. The Morgan fingerprint density at radius 2 is 2.04 bits per heavy atom. The lowest BCUT2D eigenvalue weighted by Gasteiger charge is -2.41. The summed E-state index contributed by atoms with van der Waals surface area (Å²) >= 11 is 0. The van der Waals surface area contributed by atoms with Gasteiger partial charge in [-0.15, -0.1) is 0 Å². The van der Waals surface area contributed by atoms with Crippen LogP contribution in [-0.4, -0.2) is 52.4 Å². The summed E-state index contributed by atoms with van der Waals surface area (Å²) in [5.41, 5.74) is 1.39. The molecule has 2 N–H and O–H groups in total. The molecule has 0 bridgehead atoms. The Morgan fingerprint density at radius 1 is 1.23 bits per heavy atom. The summed E-state index contributed by atoms with van der Waals surface area (Å²) in [4.78, 5) is 32.7. The van der Waals surface area contributed by atoms with Gasteiger partial charge < -0.3 is 20.1 Å². The number of carbonyl (C=O) groups is 2. The molecule has 2 aromatic rings. The number of hydrogen-bond acceptors (Lipinski definition) is 2. The van der Waals surface area contributed by atoms with Gasteiger partial charge in [0, 0.05) is 42.8 Å². The molecule has 2 aliphatic rings. The lowest BCUT2D eigenvalue weighted by Crippen LogP contribution is -2.52. The predicted molar refractivity (Wildman–Crippen MR) is 102 cm³/mol. The summed E-state index contributed by atoms with van der Waals surface area (Å²) in [6.07, 6.45) is 4.48. The third-order valence-electron chi connectivity index (χ3n) is 5.86. The fraction of sp³-hybridized carbons (Fsp3) is 0.500. The van der Waals surface area contributed by atoms with E-state index in [1.807, 2.05) is 35.4 Å². The number of carbonyl (C=O) groups excluding carboxylic acids is 2. The topological polar surface area (TPSA) is 68.4 Å². The number of likely N-dealkylation sites (tertiary alicyclic amines) is 2. The molecule has 1 aromatic heterocycles. The van der Waals surface area contributed by atoms with Crippen molar-refractivity contribution in [1.82, 2.24) is 14.8 Å². The summed E-state index contributed by atoms with van der Waals surface area (Å²) in [6, 6.07) is 7.98. The van der Waals surface area contributed by atoms with Crippen LogP contribution in [-0.2, 0) is 4.79 Å². The maximum Gasteiger partial charge on any atom is 0.321 e. The maximum absolute atomic E-state index is 13.0. The molecule has 2 aliphatic heterocycles. The monoisotopic (exact) mass is 354 g/mol. The molecule has 4 rings (SSSR count). The zero-order chi connectivity index (χ0) is 18.3. The van der Waals surface area contributed by atoms with E-state index in [9.17, 15) is 9.59 Å². The number of rotatable bonds is 2. The molecule has 1 atom stereocenters. The zero-order valence-corrected chi connectivity index (χ0v) is 15.4. The summed E-state index contributed by atoms with van der Waals surface area (Å²) in [5.74, 6) is 0.223. The highest BCUT2D eigenvalue weighted by Crippen LogP contribution is 2.40. The number of nitrogens with one attached hydrogen (secondary N) is 2. The van der Waals surface area contributed by atoms with Gasteiger partial charge in [-0.25, -0.2) is 4.79 Å². The number of para-hydroxylation sites is 1. The Hall–Kier alpha value is -2.50. The van der Waals surface area contributed by atoms with E-state index < -0.39 is 0 Å². The zero-order valence-electron chi connectivity index (χ0n) is 15.4. The van der Waals surface area contributed by atoms with Gasteiger partial charge in [0.2, 0.25) is 5.91 Å². The average Bonchev–Trinajstić information content (AvgIpc) is 3.23.